The number of rotatable bonds is 3. The van der Waals surface area contributed by atoms with Gasteiger partial charge in [-0.05, 0) is 58.1 Å². The topological polar surface area (TPSA) is 62.7 Å². The fourth-order valence-corrected chi connectivity index (χ4v) is 3.30. The first-order chi connectivity index (χ1) is 11.8. The van der Waals surface area contributed by atoms with Crippen molar-refractivity contribution in [3.05, 3.63) is 23.9 Å². The Balaban J connectivity index is 1.78. The van der Waals surface area contributed by atoms with Crippen molar-refractivity contribution in [3.8, 4) is 0 Å². The van der Waals surface area contributed by atoms with E-state index in [9.17, 15) is 9.59 Å². The molecular weight excluding hydrogens is 318 g/mol. The number of carbonyl (C=O) groups excluding carboxylic acids is 2. The van der Waals surface area contributed by atoms with Crippen LogP contribution in [0, 0.1) is 0 Å². The van der Waals surface area contributed by atoms with E-state index in [1.165, 1.54) is 0 Å². The lowest BCUT2D eigenvalue weighted by atomic mass is 10.1. The fourth-order valence-electron chi connectivity index (χ4n) is 3.30. The lowest BCUT2D eigenvalue weighted by molar-refractivity contribution is -0.129. The third-order valence-corrected chi connectivity index (χ3v) is 4.56. The molecule has 0 spiro atoms. The molecule has 1 saturated carbocycles. The molecule has 1 aliphatic heterocycles. The zero-order valence-corrected chi connectivity index (χ0v) is 15.5. The van der Waals surface area contributed by atoms with Crippen LogP contribution in [-0.4, -0.2) is 40.1 Å². The smallest absolute Gasteiger partial charge is 0.416 e. The summed E-state index contributed by atoms with van der Waals surface area (Å²) in [5.74, 6) is 0.716. The summed E-state index contributed by atoms with van der Waals surface area (Å²) in [6.45, 7) is 8.00. The van der Waals surface area contributed by atoms with E-state index in [1.54, 1.807) is 18.0 Å². The van der Waals surface area contributed by atoms with Crippen molar-refractivity contribution in [1.82, 2.24) is 9.88 Å². The zero-order chi connectivity index (χ0) is 18.2. The Hall–Kier alpha value is -2.11. The van der Waals surface area contributed by atoms with Gasteiger partial charge in [-0.2, -0.15) is 0 Å². The average molecular weight is 345 g/mol. The van der Waals surface area contributed by atoms with Gasteiger partial charge in [-0.15, -0.1) is 0 Å². The van der Waals surface area contributed by atoms with Crippen molar-refractivity contribution in [2.24, 2.45) is 0 Å². The van der Waals surface area contributed by atoms with Gasteiger partial charge in [-0.25, -0.2) is 9.78 Å². The van der Waals surface area contributed by atoms with E-state index in [4.69, 9.17) is 4.74 Å². The Morgan fingerprint density at radius 1 is 1.24 bits per heavy atom. The predicted molar refractivity (Wildman–Crippen MR) is 95.3 cm³/mol. The van der Waals surface area contributed by atoms with Crippen LogP contribution in [0.15, 0.2) is 18.3 Å². The second-order valence-corrected chi connectivity index (χ2v) is 7.90. The molecule has 0 N–H and O–H groups in total. The summed E-state index contributed by atoms with van der Waals surface area (Å²) in [5.41, 5.74) is 0.493. The van der Waals surface area contributed by atoms with Crippen molar-refractivity contribution in [2.75, 3.05) is 11.4 Å². The number of hydrogen-bond acceptors (Lipinski definition) is 4. The van der Waals surface area contributed by atoms with Gasteiger partial charge < -0.3 is 9.64 Å². The Morgan fingerprint density at radius 3 is 2.48 bits per heavy atom. The number of pyridine rings is 1. The number of aromatic nitrogens is 1. The van der Waals surface area contributed by atoms with Gasteiger partial charge in [0.05, 0.1) is 6.04 Å². The van der Waals surface area contributed by atoms with Crippen LogP contribution >= 0.6 is 0 Å². The molecule has 1 aromatic heterocycles. The second kappa shape index (κ2) is 6.65. The van der Waals surface area contributed by atoms with E-state index in [0.717, 1.165) is 37.8 Å². The first-order valence-electron chi connectivity index (χ1n) is 9.01. The van der Waals surface area contributed by atoms with Crippen molar-refractivity contribution in [3.63, 3.8) is 0 Å². The molecule has 25 heavy (non-hydrogen) atoms. The minimum atomic E-state index is -0.532. The van der Waals surface area contributed by atoms with Crippen LogP contribution in [0.5, 0.6) is 0 Å². The molecular formula is C19H27N3O3. The summed E-state index contributed by atoms with van der Waals surface area (Å²) in [5, 5.41) is 0. The van der Waals surface area contributed by atoms with Crippen LogP contribution in [0.25, 0.3) is 0 Å². The molecule has 1 aromatic rings. The summed E-state index contributed by atoms with van der Waals surface area (Å²) >= 11 is 0. The van der Waals surface area contributed by atoms with Crippen LogP contribution in [0.1, 0.15) is 65.0 Å². The number of nitrogens with zero attached hydrogens (tertiary/aromatic N) is 3. The van der Waals surface area contributed by atoms with Crippen LogP contribution in [-0.2, 0) is 9.53 Å². The SMILES string of the molecule is CC(=O)N1CCC[C@@H]1c1ccc(N(C(=O)OC(C)(C)C)C2CC2)nc1. The molecule has 2 heterocycles. The molecule has 136 valence electrons. The third kappa shape index (κ3) is 4.11. The normalized spacial score (nSPS) is 20.5. The summed E-state index contributed by atoms with van der Waals surface area (Å²) in [7, 11) is 0. The monoisotopic (exact) mass is 345 g/mol. The first-order valence-corrected chi connectivity index (χ1v) is 9.01. The molecule has 2 aliphatic rings. The van der Waals surface area contributed by atoms with E-state index >= 15 is 0 Å². The number of ether oxygens (including phenoxy) is 1. The molecule has 6 heteroatoms. The predicted octanol–water partition coefficient (Wildman–Crippen LogP) is 3.67. The van der Waals surface area contributed by atoms with E-state index in [1.807, 2.05) is 37.8 Å². The summed E-state index contributed by atoms with van der Waals surface area (Å²) < 4.78 is 5.53. The number of carbonyl (C=O) groups is 2. The van der Waals surface area contributed by atoms with Gasteiger partial charge in [-0.1, -0.05) is 6.07 Å². The second-order valence-electron chi connectivity index (χ2n) is 7.90. The largest absolute Gasteiger partial charge is 0.443 e. The minimum absolute atomic E-state index is 0.0925. The Bertz CT molecular complexity index is 647. The highest BCUT2D eigenvalue weighted by atomic mass is 16.6. The fraction of sp³-hybridized carbons (Fsp3) is 0.632. The number of hydrogen-bond donors (Lipinski definition) is 0. The maximum Gasteiger partial charge on any atom is 0.416 e. The summed E-state index contributed by atoms with van der Waals surface area (Å²) in [6.07, 6.45) is 5.37. The number of anilines is 1. The van der Waals surface area contributed by atoms with Gasteiger partial charge in [-0.3, -0.25) is 9.69 Å². The lowest BCUT2D eigenvalue weighted by Crippen LogP contribution is -2.38. The molecule has 0 unspecified atom stereocenters. The van der Waals surface area contributed by atoms with E-state index in [2.05, 4.69) is 4.98 Å². The zero-order valence-electron chi connectivity index (χ0n) is 15.5. The van der Waals surface area contributed by atoms with Crippen molar-refractivity contribution < 1.29 is 14.3 Å². The highest BCUT2D eigenvalue weighted by molar-refractivity contribution is 5.88. The van der Waals surface area contributed by atoms with E-state index < -0.39 is 5.60 Å². The maximum absolute atomic E-state index is 12.5. The van der Waals surface area contributed by atoms with Crippen LogP contribution < -0.4 is 4.90 Å². The van der Waals surface area contributed by atoms with Gasteiger partial charge in [0.1, 0.15) is 11.4 Å². The lowest BCUT2D eigenvalue weighted by Gasteiger charge is -2.27. The molecule has 6 nitrogen and oxygen atoms in total. The standard InChI is InChI=1S/C19H27N3O3/c1-13(23)21-11-5-6-16(21)14-7-10-17(20-12-14)22(15-8-9-15)18(24)25-19(2,3)4/h7,10,12,15-16H,5-6,8-9,11H2,1-4H3/t16-/m1/s1. The van der Waals surface area contributed by atoms with E-state index in [-0.39, 0.29) is 24.1 Å². The highest BCUT2D eigenvalue weighted by Crippen LogP contribution is 2.35. The quantitative estimate of drug-likeness (QED) is 0.838. The van der Waals surface area contributed by atoms with Gasteiger partial charge in [0.25, 0.3) is 0 Å². The van der Waals surface area contributed by atoms with Gasteiger partial charge >= 0.3 is 6.09 Å². The molecule has 2 amide bonds. The molecule has 1 saturated heterocycles. The maximum atomic E-state index is 12.5. The Kier molecular flexibility index (Phi) is 4.71. The van der Waals surface area contributed by atoms with Crippen LogP contribution in [0.2, 0.25) is 0 Å². The van der Waals surface area contributed by atoms with E-state index in [0.29, 0.717) is 5.82 Å². The number of amides is 2. The van der Waals surface area contributed by atoms with Gasteiger partial charge in [0, 0.05) is 25.7 Å². The molecule has 2 fully saturated rings. The first kappa shape index (κ1) is 17.7. The van der Waals surface area contributed by atoms with Crippen molar-refractivity contribution >= 4 is 17.8 Å². The van der Waals surface area contributed by atoms with Crippen molar-refractivity contribution in [1.29, 1.82) is 0 Å². The molecule has 1 atom stereocenters. The highest BCUT2D eigenvalue weighted by Gasteiger charge is 2.37. The molecule has 0 aromatic carbocycles. The molecule has 0 radical (unpaired) electrons. The number of likely N-dealkylation sites (tertiary alicyclic amines) is 1. The average Bonchev–Trinajstić information content (AvgIpc) is 3.21. The molecule has 3 rings (SSSR count). The molecule has 0 bridgehead atoms. The van der Waals surface area contributed by atoms with Crippen LogP contribution in [0.4, 0.5) is 10.6 Å². The molecule has 1 aliphatic carbocycles. The third-order valence-electron chi connectivity index (χ3n) is 4.56. The Labute approximate surface area is 149 Å². The summed E-state index contributed by atoms with van der Waals surface area (Å²) in [4.78, 5) is 32.4. The van der Waals surface area contributed by atoms with Gasteiger partial charge in [0.15, 0.2) is 0 Å². The van der Waals surface area contributed by atoms with Crippen molar-refractivity contribution in [2.45, 2.75) is 71.1 Å². The van der Waals surface area contributed by atoms with Gasteiger partial charge in [0.2, 0.25) is 5.91 Å². The summed E-state index contributed by atoms with van der Waals surface area (Å²) in [6, 6.07) is 4.12. The Morgan fingerprint density at radius 2 is 1.96 bits per heavy atom. The van der Waals surface area contributed by atoms with Crippen LogP contribution in [0.3, 0.4) is 0 Å². The minimum Gasteiger partial charge on any atom is -0.443 e.